The molecule has 0 aromatic rings. The summed E-state index contributed by atoms with van der Waals surface area (Å²) < 4.78 is 11.4. The Morgan fingerprint density at radius 2 is 2.07 bits per heavy atom. The molecular weight excluding hydrogens is 192 g/mol. The number of ether oxygens (including phenoxy) is 2. The van der Waals surface area contributed by atoms with Crippen LogP contribution in [-0.2, 0) is 14.3 Å². The summed E-state index contributed by atoms with van der Waals surface area (Å²) in [6, 6.07) is 0. The molecule has 5 unspecified atom stereocenters. The number of rotatable bonds is 0. The maximum atomic E-state index is 11.6. The zero-order chi connectivity index (χ0) is 11.0. The Morgan fingerprint density at radius 3 is 2.67 bits per heavy atom. The van der Waals surface area contributed by atoms with Crippen LogP contribution >= 0.6 is 0 Å². The third-order valence-electron chi connectivity index (χ3n) is 4.91. The van der Waals surface area contributed by atoms with E-state index in [0.29, 0.717) is 0 Å². The smallest absolute Gasteiger partial charge is 0.312 e. The molecule has 3 heteroatoms. The van der Waals surface area contributed by atoms with Crippen molar-refractivity contribution in [3.05, 3.63) is 0 Å². The van der Waals surface area contributed by atoms with Gasteiger partial charge >= 0.3 is 5.97 Å². The van der Waals surface area contributed by atoms with Gasteiger partial charge < -0.3 is 9.47 Å². The van der Waals surface area contributed by atoms with E-state index in [4.69, 9.17) is 9.47 Å². The van der Waals surface area contributed by atoms with Crippen molar-refractivity contribution in [3.8, 4) is 0 Å². The molecule has 3 aliphatic rings. The second-order valence-electron chi connectivity index (χ2n) is 6.32. The van der Waals surface area contributed by atoms with Crippen molar-refractivity contribution in [1.82, 2.24) is 0 Å². The lowest BCUT2D eigenvalue weighted by Gasteiger charge is -2.45. The maximum Gasteiger partial charge on any atom is 0.312 e. The van der Waals surface area contributed by atoms with Crippen molar-refractivity contribution in [3.63, 3.8) is 0 Å². The molecule has 2 bridgehead atoms. The molecule has 0 saturated carbocycles. The van der Waals surface area contributed by atoms with Crippen LogP contribution in [0.4, 0.5) is 0 Å². The fourth-order valence-corrected chi connectivity index (χ4v) is 3.44. The number of carbonyl (C=O) groups excluding carboxylic acids is 1. The van der Waals surface area contributed by atoms with Crippen molar-refractivity contribution in [2.45, 2.75) is 52.4 Å². The summed E-state index contributed by atoms with van der Waals surface area (Å²) >= 11 is 0. The summed E-state index contributed by atoms with van der Waals surface area (Å²) in [4.78, 5) is 11.6. The number of carbonyl (C=O) groups is 1. The predicted octanol–water partition coefficient (Wildman–Crippen LogP) is 1.75. The Labute approximate surface area is 90.1 Å². The van der Waals surface area contributed by atoms with Crippen molar-refractivity contribution >= 4 is 5.97 Å². The van der Waals surface area contributed by atoms with Crippen molar-refractivity contribution < 1.29 is 14.3 Å². The second-order valence-corrected chi connectivity index (χ2v) is 6.32. The molecule has 3 aliphatic heterocycles. The van der Waals surface area contributed by atoms with E-state index in [1.165, 1.54) is 0 Å². The molecule has 15 heavy (non-hydrogen) atoms. The first-order valence-corrected chi connectivity index (χ1v) is 5.71. The predicted molar refractivity (Wildman–Crippen MR) is 54.2 cm³/mol. The van der Waals surface area contributed by atoms with Crippen LogP contribution in [0.3, 0.4) is 0 Å². The van der Waals surface area contributed by atoms with Gasteiger partial charge in [0, 0.05) is 5.41 Å². The molecule has 0 spiro atoms. The Bertz CT molecular complexity index is 330. The van der Waals surface area contributed by atoms with E-state index in [1.54, 1.807) is 0 Å². The maximum absolute atomic E-state index is 11.6. The van der Waals surface area contributed by atoms with Gasteiger partial charge in [0.1, 0.15) is 12.2 Å². The van der Waals surface area contributed by atoms with Crippen LogP contribution < -0.4 is 0 Å². The first-order chi connectivity index (χ1) is 6.85. The number of esters is 1. The summed E-state index contributed by atoms with van der Waals surface area (Å²) in [5.74, 6) is -0.0177. The van der Waals surface area contributed by atoms with Crippen molar-refractivity contribution in [2.24, 2.45) is 16.7 Å². The van der Waals surface area contributed by atoms with Gasteiger partial charge in [0.05, 0.1) is 12.0 Å². The fourth-order valence-electron chi connectivity index (χ4n) is 3.44. The summed E-state index contributed by atoms with van der Waals surface area (Å²) in [6.07, 6.45) is 1.07. The van der Waals surface area contributed by atoms with E-state index >= 15 is 0 Å². The van der Waals surface area contributed by atoms with Gasteiger partial charge in [-0.25, -0.2) is 0 Å². The SMILES string of the molecule is CC(C)(C)C1(C)C2CC3C(=O)OC1C3O2. The van der Waals surface area contributed by atoms with Crippen LogP contribution in [-0.4, -0.2) is 24.3 Å². The fraction of sp³-hybridized carbons (Fsp3) is 0.917. The lowest BCUT2D eigenvalue weighted by Crippen LogP contribution is -2.50. The second kappa shape index (κ2) is 2.40. The molecule has 0 amide bonds. The number of hydrogen-bond donors (Lipinski definition) is 0. The quantitative estimate of drug-likeness (QED) is 0.571. The Morgan fingerprint density at radius 1 is 1.40 bits per heavy atom. The van der Waals surface area contributed by atoms with Crippen LogP contribution in [0.2, 0.25) is 0 Å². The van der Waals surface area contributed by atoms with Gasteiger partial charge in [0.25, 0.3) is 0 Å². The van der Waals surface area contributed by atoms with Gasteiger partial charge in [-0.2, -0.15) is 0 Å². The molecule has 0 N–H and O–H groups in total. The third-order valence-corrected chi connectivity index (χ3v) is 4.91. The highest BCUT2D eigenvalue weighted by Gasteiger charge is 2.71. The van der Waals surface area contributed by atoms with Crippen molar-refractivity contribution in [1.29, 1.82) is 0 Å². The lowest BCUT2D eigenvalue weighted by molar-refractivity contribution is -0.148. The van der Waals surface area contributed by atoms with Crippen LogP contribution in [0, 0.1) is 16.7 Å². The highest BCUT2D eigenvalue weighted by atomic mass is 16.6. The zero-order valence-electron chi connectivity index (χ0n) is 9.74. The average Bonchev–Trinajstić information content (AvgIpc) is 2.67. The van der Waals surface area contributed by atoms with Gasteiger partial charge in [-0.05, 0) is 11.8 Å². The molecular formula is C12H18O3. The average molecular weight is 210 g/mol. The van der Waals surface area contributed by atoms with Crippen molar-refractivity contribution in [2.75, 3.05) is 0 Å². The number of fused-ring (bicyclic) bond motifs is 1. The molecule has 0 radical (unpaired) electrons. The van der Waals surface area contributed by atoms with E-state index < -0.39 is 0 Å². The van der Waals surface area contributed by atoms with Crippen LogP contribution in [0.25, 0.3) is 0 Å². The van der Waals surface area contributed by atoms with E-state index in [2.05, 4.69) is 27.7 Å². The molecule has 3 fully saturated rings. The summed E-state index contributed by atoms with van der Waals surface area (Å²) in [5, 5.41) is 0. The van der Waals surface area contributed by atoms with Gasteiger partial charge in [0.2, 0.25) is 0 Å². The standard InChI is InChI=1S/C12H18O3/c1-11(2,3)12(4)7-5-6-8(14-7)9(12)15-10(6)13/h6-9H,5H2,1-4H3. The minimum absolute atomic E-state index is 0.0197. The zero-order valence-corrected chi connectivity index (χ0v) is 9.74. The van der Waals surface area contributed by atoms with E-state index in [-0.39, 0.29) is 41.0 Å². The highest BCUT2D eigenvalue weighted by Crippen LogP contribution is 2.62. The minimum atomic E-state index is -0.0412. The van der Waals surface area contributed by atoms with Crippen LogP contribution in [0.5, 0.6) is 0 Å². The van der Waals surface area contributed by atoms with E-state index in [9.17, 15) is 4.79 Å². The molecule has 3 rings (SSSR count). The third kappa shape index (κ3) is 0.889. The Kier molecular flexibility index (Phi) is 1.54. The molecule has 3 nitrogen and oxygen atoms in total. The molecule has 0 aromatic carbocycles. The van der Waals surface area contributed by atoms with E-state index in [0.717, 1.165) is 6.42 Å². The normalized spacial score (nSPS) is 52.4. The summed E-state index contributed by atoms with van der Waals surface area (Å²) in [7, 11) is 0. The topological polar surface area (TPSA) is 35.5 Å². The van der Waals surface area contributed by atoms with E-state index in [1.807, 2.05) is 0 Å². The van der Waals surface area contributed by atoms with Crippen LogP contribution in [0.15, 0.2) is 0 Å². The summed E-state index contributed by atoms with van der Waals surface area (Å²) in [6.45, 7) is 8.83. The van der Waals surface area contributed by atoms with Gasteiger partial charge in [-0.15, -0.1) is 0 Å². The van der Waals surface area contributed by atoms with Gasteiger partial charge in [-0.1, -0.05) is 27.7 Å². The Balaban J connectivity index is 2.05. The molecule has 3 heterocycles. The monoisotopic (exact) mass is 210 g/mol. The lowest BCUT2D eigenvalue weighted by atomic mass is 9.58. The van der Waals surface area contributed by atoms with Gasteiger partial charge in [-0.3, -0.25) is 4.79 Å². The Hall–Kier alpha value is -0.570. The highest BCUT2D eigenvalue weighted by molar-refractivity contribution is 5.77. The molecule has 3 saturated heterocycles. The minimum Gasteiger partial charge on any atom is -0.459 e. The number of hydrogen-bond acceptors (Lipinski definition) is 3. The molecule has 84 valence electrons. The molecule has 0 aliphatic carbocycles. The summed E-state index contributed by atoms with van der Waals surface area (Å²) in [5.41, 5.74) is 0.0764. The first kappa shape index (κ1) is 9.64. The first-order valence-electron chi connectivity index (χ1n) is 5.71. The van der Waals surface area contributed by atoms with Gasteiger partial charge in [0.15, 0.2) is 0 Å². The largest absolute Gasteiger partial charge is 0.459 e. The molecule has 0 aromatic heterocycles. The molecule has 5 atom stereocenters. The van der Waals surface area contributed by atoms with Crippen LogP contribution in [0.1, 0.15) is 34.1 Å².